The lowest BCUT2D eigenvalue weighted by atomic mass is 9.77. The summed E-state index contributed by atoms with van der Waals surface area (Å²) in [7, 11) is 0. The maximum absolute atomic E-state index is 11.1. The van der Waals surface area contributed by atoms with Gasteiger partial charge in [0, 0.05) is 35.9 Å². The number of anilines is 1. The zero-order valence-electron chi connectivity index (χ0n) is 31.1. The Morgan fingerprint density at radius 3 is 2.57 bits per heavy atom. The van der Waals surface area contributed by atoms with Crippen LogP contribution in [0, 0.1) is 11.3 Å². The first-order valence-electron chi connectivity index (χ1n) is 19.5. The molecule has 1 aliphatic carbocycles. The molecule has 7 nitrogen and oxygen atoms in total. The van der Waals surface area contributed by atoms with Crippen molar-refractivity contribution >= 4 is 22.8 Å². The van der Waals surface area contributed by atoms with Gasteiger partial charge < -0.3 is 19.5 Å². The summed E-state index contributed by atoms with van der Waals surface area (Å²) in [5.74, 6) is 1.98. The van der Waals surface area contributed by atoms with Gasteiger partial charge >= 0.3 is 6.01 Å². The van der Waals surface area contributed by atoms with E-state index in [1.807, 2.05) is 12.1 Å². The van der Waals surface area contributed by atoms with Crippen molar-refractivity contribution in [3.05, 3.63) is 39.9 Å². The minimum atomic E-state index is 0.0785. The normalized spacial score (nSPS) is 22.0. The Balaban J connectivity index is 1.56. The Hall–Kier alpha value is -3.19. The number of ether oxygens (including phenoxy) is 2. The third-order valence-electron chi connectivity index (χ3n) is 11.5. The van der Waals surface area contributed by atoms with Crippen molar-refractivity contribution in [2.24, 2.45) is 16.3 Å². The van der Waals surface area contributed by atoms with Crippen LogP contribution in [-0.4, -0.2) is 54.0 Å². The van der Waals surface area contributed by atoms with Crippen LogP contribution in [0.2, 0.25) is 0 Å². The number of phenols is 1. The van der Waals surface area contributed by atoms with Crippen molar-refractivity contribution < 1.29 is 14.6 Å². The van der Waals surface area contributed by atoms with Gasteiger partial charge in [0.05, 0.1) is 35.5 Å². The van der Waals surface area contributed by atoms with Gasteiger partial charge in [-0.25, -0.2) is 0 Å². The molecule has 3 heterocycles. The molecule has 6 rings (SSSR count). The van der Waals surface area contributed by atoms with Gasteiger partial charge in [-0.05, 0) is 98.6 Å². The fourth-order valence-corrected chi connectivity index (χ4v) is 8.37. The Morgan fingerprint density at radius 1 is 0.959 bits per heavy atom. The summed E-state index contributed by atoms with van der Waals surface area (Å²) >= 11 is 0. The number of fused-ring (bicyclic) bond motifs is 4. The number of unbranched alkanes of at least 4 members (excludes halogenated alkanes) is 3. The zero-order valence-corrected chi connectivity index (χ0v) is 31.1. The van der Waals surface area contributed by atoms with Gasteiger partial charge in [0.25, 0.3) is 0 Å². The van der Waals surface area contributed by atoms with Crippen LogP contribution >= 0.6 is 0 Å². The van der Waals surface area contributed by atoms with E-state index >= 15 is 0 Å². The van der Waals surface area contributed by atoms with Crippen LogP contribution in [0.25, 0.3) is 28.1 Å². The van der Waals surface area contributed by atoms with Crippen molar-refractivity contribution in [1.29, 1.82) is 0 Å². The molecular formula is C42H60N4O3. The summed E-state index contributed by atoms with van der Waals surface area (Å²) < 4.78 is 12.6. The highest BCUT2D eigenvalue weighted by Crippen LogP contribution is 2.42. The number of hydrogen-bond donors (Lipinski definition) is 1. The molecular weight excluding hydrogens is 608 g/mol. The first-order chi connectivity index (χ1) is 23.7. The van der Waals surface area contributed by atoms with Gasteiger partial charge in [-0.15, -0.1) is 0 Å². The molecule has 1 aromatic heterocycles. The van der Waals surface area contributed by atoms with Crippen LogP contribution < -0.4 is 20.2 Å². The lowest BCUT2D eigenvalue weighted by Gasteiger charge is -2.30. The second-order valence-electron chi connectivity index (χ2n) is 15.5. The first-order valence-corrected chi connectivity index (χ1v) is 19.5. The predicted molar refractivity (Wildman–Crippen MR) is 201 cm³/mol. The number of phenolic OH excluding ortho intramolecular Hbond substituents is 1. The minimum absolute atomic E-state index is 0.0785. The quantitative estimate of drug-likeness (QED) is 0.184. The van der Waals surface area contributed by atoms with E-state index in [2.05, 4.69) is 58.6 Å². The molecule has 2 aliphatic heterocycles. The third-order valence-corrected chi connectivity index (χ3v) is 11.5. The van der Waals surface area contributed by atoms with E-state index in [4.69, 9.17) is 24.4 Å². The summed E-state index contributed by atoms with van der Waals surface area (Å²) in [6.07, 6.45) is 16.1. The zero-order chi connectivity index (χ0) is 34.5. The van der Waals surface area contributed by atoms with E-state index in [0.29, 0.717) is 30.9 Å². The molecule has 3 aromatic rings. The Labute approximate surface area is 294 Å². The molecule has 1 saturated heterocycles. The van der Waals surface area contributed by atoms with Crippen LogP contribution in [-0.2, 0) is 11.2 Å². The van der Waals surface area contributed by atoms with Gasteiger partial charge in [-0.3, -0.25) is 4.99 Å². The lowest BCUT2D eigenvalue weighted by molar-refractivity contribution is 0.126. The van der Waals surface area contributed by atoms with Crippen LogP contribution in [0.15, 0.2) is 23.2 Å². The number of aromatic hydroxyl groups is 1. The number of aromatic nitrogens is 2. The van der Waals surface area contributed by atoms with Crippen molar-refractivity contribution in [2.45, 2.75) is 131 Å². The van der Waals surface area contributed by atoms with E-state index in [-0.39, 0.29) is 17.4 Å². The Bertz CT molecular complexity index is 1730. The van der Waals surface area contributed by atoms with Gasteiger partial charge in [-0.2, -0.15) is 9.97 Å². The summed E-state index contributed by atoms with van der Waals surface area (Å²) in [5, 5.41) is 14.2. The van der Waals surface area contributed by atoms with E-state index in [9.17, 15) is 5.11 Å². The highest BCUT2D eigenvalue weighted by Gasteiger charge is 2.29. The minimum Gasteiger partial charge on any atom is -0.508 e. The molecule has 4 unspecified atom stereocenters. The van der Waals surface area contributed by atoms with E-state index in [1.165, 1.54) is 49.7 Å². The molecule has 7 heteroatoms. The fraction of sp³-hybridized carbons (Fsp3) is 0.643. The molecule has 2 aromatic carbocycles. The number of rotatable bonds is 13. The average molecular weight is 669 g/mol. The van der Waals surface area contributed by atoms with Crippen LogP contribution in [0.3, 0.4) is 0 Å². The SMILES string of the molecule is CCCCCC(C)(CCCC)COc1nc(N2CCCOCC2)c2c3c(c(-c4cc(O)cc5c4C(CC)CCC5)cc2n1)=NC(C)C(C)C=3. The molecule has 0 radical (unpaired) electrons. The number of nitrogens with zero attached hydrogens (tertiary/aromatic N) is 4. The molecule has 0 spiro atoms. The molecule has 1 N–H and O–H groups in total. The predicted octanol–water partition coefficient (Wildman–Crippen LogP) is 8.65. The standard InChI is InChI=1S/C42H60N4O3/c1-7-10-12-18-42(6,17-11-8-2)27-49-41-44-36-26-34(33-25-32(47)24-31-16-13-15-30(9-3)37(31)33)39-35(23-28(4)29(5)43-39)38(36)40(45-41)46-19-14-21-48-22-20-46/h23-26,28-30,47H,7-22,27H2,1-6H3. The first kappa shape index (κ1) is 35.6. The van der Waals surface area contributed by atoms with Gasteiger partial charge in [-0.1, -0.05) is 72.8 Å². The monoisotopic (exact) mass is 668 g/mol. The molecule has 0 amide bonds. The smallest absolute Gasteiger partial charge is 0.318 e. The van der Waals surface area contributed by atoms with E-state index in [0.717, 1.165) is 96.6 Å². The van der Waals surface area contributed by atoms with Crippen LogP contribution in [0.4, 0.5) is 5.82 Å². The highest BCUT2D eigenvalue weighted by molar-refractivity contribution is 5.94. The summed E-state index contributed by atoms with van der Waals surface area (Å²) in [6, 6.07) is 6.80. The molecule has 266 valence electrons. The van der Waals surface area contributed by atoms with E-state index in [1.54, 1.807) is 0 Å². The number of aryl methyl sites for hydroxylation is 1. The van der Waals surface area contributed by atoms with Crippen molar-refractivity contribution in [2.75, 3.05) is 37.8 Å². The molecule has 1 fully saturated rings. The maximum Gasteiger partial charge on any atom is 0.318 e. The van der Waals surface area contributed by atoms with Crippen molar-refractivity contribution in [1.82, 2.24) is 9.97 Å². The van der Waals surface area contributed by atoms with Crippen LogP contribution in [0.1, 0.15) is 129 Å². The number of hydrogen-bond acceptors (Lipinski definition) is 7. The molecule has 0 saturated carbocycles. The lowest BCUT2D eigenvalue weighted by Crippen LogP contribution is -2.38. The maximum atomic E-state index is 11.1. The summed E-state index contributed by atoms with van der Waals surface area (Å²) in [6.45, 7) is 17.4. The molecule has 49 heavy (non-hydrogen) atoms. The fourth-order valence-electron chi connectivity index (χ4n) is 8.37. The largest absolute Gasteiger partial charge is 0.508 e. The molecule has 3 aliphatic rings. The number of benzene rings is 2. The topological polar surface area (TPSA) is 80.1 Å². The summed E-state index contributed by atoms with van der Waals surface area (Å²) in [5.41, 5.74) is 5.78. The van der Waals surface area contributed by atoms with Crippen molar-refractivity contribution in [3.8, 4) is 22.9 Å². The second kappa shape index (κ2) is 15.8. The Kier molecular flexibility index (Phi) is 11.5. The van der Waals surface area contributed by atoms with Gasteiger partial charge in [0.2, 0.25) is 0 Å². The average Bonchev–Trinajstić information content (AvgIpc) is 3.39. The Morgan fingerprint density at radius 2 is 1.78 bits per heavy atom. The van der Waals surface area contributed by atoms with Crippen LogP contribution in [0.5, 0.6) is 11.8 Å². The van der Waals surface area contributed by atoms with Gasteiger partial charge in [0.15, 0.2) is 0 Å². The van der Waals surface area contributed by atoms with Gasteiger partial charge in [0.1, 0.15) is 11.6 Å². The molecule has 4 atom stereocenters. The highest BCUT2D eigenvalue weighted by atomic mass is 16.5. The molecule has 0 bridgehead atoms. The van der Waals surface area contributed by atoms with E-state index < -0.39 is 0 Å². The second-order valence-corrected chi connectivity index (χ2v) is 15.5. The summed E-state index contributed by atoms with van der Waals surface area (Å²) in [4.78, 5) is 18.3. The third kappa shape index (κ3) is 7.77. The van der Waals surface area contributed by atoms with Crippen molar-refractivity contribution in [3.63, 3.8) is 0 Å².